The largest absolute Gasteiger partial charge is 0.495 e. The first-order valence-electron chi connectivity index (χ1n) is 8.75. The molecule has 0 fully saturated rings. The molecule has 0 bridgehead atoms. The molecular formula is C21H19ClN4O3. The molecule has 0 unspecified atom stereocenters. The molecule has 0 radical (unpaired) electrons. The molecule has 29 heavy (non-hydrogen) atoms. The van der Waals surface area contributed by atoms with Gasteiger partial charge in [0.25, 0.3) is 5.91 Å². The number of methoxy groups -OCH3 is 1. The molecule has 0 aliphatic heterocycles. The SMILES string of the molecule is COc1ccccc1NC(=O)c1ccc(NC(=O)NCc2ccc(Cl)nc2)cc1. The zero-order chi connectivity index (χ0) is 20.6. The van der Waals surface area contributed by atoms with E-state index in [2.05, 4.69) is 20.9 Å². The van der Waals surface area contributed by atoms with Gasteiger partial charge in [0.15, 0.2) is 0 Å². The lowest BCUT2D eigenvalue weighted by Gasteiger charge is -2.11. The van der Waals surface area contributed by atoms with Crippen LogP contribution in [0, 0.1) is 0 Å². The first-order chi connectivity index (χ1) is 14.0. The minimum atomic E-state index is -0.369. The van der Waals surface area contributed by atoms with Gasteiger partial charge >= 0.3 is 6.03 Å². The molecule has 8 heteroatoms. The van der Waals surface area contributed by atoms with Crippen molar-refractivity contribution in [2.24, 2.45) is 0 Å². The maximum atomic E-state index is 12.4. The van der Waals surface area contributed by atoms with Gasteiger partial charge in [-0.25, -0.2) is 9.78 Å². The Balaban J connectivity index is 1.54. The smallest absolute Gasteiger partial charge is 0.319 e. The number of para-hydroxylation sites is 2. The highest BCUT2D eigenvalue weighted by Crippen LogP contribution is 2.23. The van der Waals surface area contributed by atoms with Crippen molar-refractivity contribution >= 4 is 34.9 Å². The van der Waals surface area contributed by atoms with Gasteiger partial charge in [0, 0.05) is 24.0 Å². The lowest BCUT2D eigenvalue weighted by Crippen LogP contribution is -2.28. The van der Waals surface area contributed by atoms with E-state index in [1.165, 1.54) is 0 Å². The van der Waals surface area contributed by atoms with Gasteiger partial charge in [-0.3, -0.25) is 4.79 Å². The molecule has 1 aromatic heterocycles. The molecular weight excluding hydrogens is 392 g/mol. The number of ether oxygens (including phenoxy) is 1. The van der Waals surface area contributed by atoms with Gasteiger partial charge in [0.05, 0.1) is 12.8 Å². The second-order valence-electron chi connectivity index (χ2n) is 6.03. The molecule has 3 rings (SSSR count). The summed E-state index contributed by atoms with van der Waals surface area (Å²) in [4.78, 5) is 28.4. The average Bonchev–Trinajstić information content (AvgIpc) is 2.74. The maximum Gasteiger partial charge on any atom is 0.319 e. The van der Waals surface area contributed by atoms with Crippen molar-refractivity contribution in [3.63, 3.8) is 0 Å². The zero-order valence-electron chi connectivity index (χ0n) is 15.6. The van der Waals surface area contributed by atoms with Gasteiger partial charge in [-0.1, -0.05) is 29.8 Å². The zero-order valence-corrected chi connectivity index (χ0v) is 16.4. The average molecular weight is 411 g/mol. The second-order valence-corrected chi connectivity index (χ2v) is 6.42. The minimum absolute atomic E-state index is 0.277. The van der Waals surface area contributed by atoms with Crippen molar-refractivity contribution in [2.45, 2.75) is 6.54 Å². The van der Waals surface area contributed by atoms with E-state index in [0.717, 1.165) is 5.56 Å². The van der Waals surface area contributed by atoms with E-state index in [4.69, 9.17) is 16.3 Å². The van der Waals surface area contributed by atoms with Crippen LogP contribution in [-0.4, -0.2) is 24.0 Å². The normalized spacial score (nSPS) is 10.1. The summed E-state index contributed by atoms with van der Waals surface area (Å²) >= 11 is 5.73. The van der Waals surface area contributed by atoms with E-state index < -0.39 is 0 Å². The number of halogens is 1. The van der Waals surface area contributed by atoms with Crippen LogP contribution in [0.2, 0.25) is 5.15 Å². The fourth-order valence-electron chi connectivity index (χ4n) is 2.52. The van der Waals surface area contributed by atoms with Gasteiger partial charge in [-0.05, 0) is 48.0 Å². The van der Waals surface area contributed by atoms with Gasteiger partial charge in [-0.15, -0.1) is 0 Å². The number of nitrogens with one attached hydrogen (secondary N) is 3. The number of benzene rings is 2. The number of amides is 3. The Morgan fingerprint density at radius 2 is 1.76 bits per heavy atom. The van der Waals surface area contributed by atoms with E-state index in [1.807, 2.05) is 12.1 Å². The molecule has 2 aromatic carbocycles. The standard InChI is InChI=1S/C21H19ClN4O3/c1-29-18-5-3-2-4-17(18)26-20(27)15-7-9-16(10-8-15)25-21(28)24-13-14-6-11-19(22)23-12-14/h2-12H,13H2,1H3,(H,26,27)(H2,24,25,28). The number of hydrogen-bond acceptors (Lipinski definition) is 4. The Hall–Kier alpha value is -3.58. The van der Waals surface area contributed by atoms with Gasteiger partial charge in [0.1, 0.15) is 10.9 Å². The number of nitrogens with zero attached hydrogens (tertiary/aromatic N) is 1. The minimum Gasteiger partial charge on any atom is -0.495 e. The van der Waals surface area contributed by atoms with E-state index in [1.54, 1.807) is 61.8 Å². The van der Waals surface area contributed by atoms with Crippen LogP contribution in [0.1, 0.15) is 15.9 Å². The first-order valence-corrected chi connectivity index (χ1v) is 9.12. The highest BCUT2D eigenvalue weighted by Gasteiger charge is 2.10. The molecule has 148 valence electrons. The summed E-state index contributed by atoms with van der Waals surface area (Å²) < 4.78 is 5.23. The Labute approximate surface area is 173 Å². The Morgan fingerprint density at radius 1 is 1.00 bits per heavy atom. The molecule has 0 aliphatic carbocycles. The summed E-state index contributed by atoms with van der Waals surface area (Å²) in [6.07, 6.45) is 1.59. The number of carbonyl (C=O) groups excluding carboxylic acids is 2. The number of rotatable bonds is 6. The van der Waals surface area contributed by atoms with Crippen molar-refractivity contribution in [3.05, 3.63) is 83.1 Å². The van der Waals surface area contributed by atoms with E-state index in [9.17, 15) is 9.59 Å². The highest BCUT2D eigenvalue weighted by atomic mass is 35.5. The molecule has 1 heterocycles. The molecule has 3 aromatic rings. The van der Waals surface area contributed by atoms with Crippen molar-refractivity contribution in [1.82, 2.24) is 10.3 Å². The van der Waals surface area contributed by atoms with Crippen LogP contribution in [-0.2, 0) is 6.54 Å². The molecule has 3 N–H and O–H groups in total. The Morgan fingerprint density at radius 3 is 2.45 bits per heavy atom. The molecule has 0 atom stereocenters. The van der Waals surface area contributed by atoms with Gasteiger partial charge in [0.2, 0.25) is 0 Å². The lowest BCUT2D eigenvalue weighted by molar-refractivity contribution is 0.102. The third-order valence-corrected chi connectivity index (χ3v) is 4.23. The maximum absolute atomic E-state index is 12.4. The number of pyridine rings is 1. The number of carbonyl (C=O) groups is 2. The monoisotopic (exact) mass is 410 g/mol. The summed E-state index contributed by atoms with van der Waals surface area (Å²) in [6.45, 7) is 0.315. The van der Waals surface area contributed by atoms with Gasteiger partial charge in [-0.2, -0.15) is 0 Å². The van der Waals surface area contributed by atoms with Crippen molar-refractivity contribution in [1.29, 1.82) is 0 Å². The fraction of sp³-hybridized carbons (Fsp3) is 0.0952. The third kappa shape index (κ3) is 5.70. The summed E-state index contributed by atoms with van der Waals surface area (Å²) in [5.41, 5.74) is 2.42. The predicted octanol–water partition coefficient (Wildman–Crippen LogP) is 4.32. The topological polar surface area (TPSA) is 92.4 Å². The summed E-state index contributed by atoms with van der Waals surface area (Å²) in [6, 6.07) is 16.8. The molecule has 0 aliphatic rings. The lowest BCUT2D eigenvalue weighted by atomic mass is 10.2. The summed E-state index contributed by atoms with van der Waals surface area (Å²) in [7, 11) is 1.54. The second kappa shape index (κ2) is 9.57. The summed E-state index contributed by atoms with van der Waals surface area (Å²) in [5, 5.41) is 8.63. The Kier molecular flexibility index (Phi) is 6.65. The molecule has 0 saturated heterocycles. The van der Waals surface area contributed by atoms with Crippen LogP contribution in [0.4, 0.5) is 16.2 Å². The van der Waals surface area contributed by atoms with Gasteiger partial charge < -0.3 is 20.7 Å². The third-order valence-electron chi connectivity index (χ3n) is 4.00. The van der Waals surface area contributed by atoms with Crippen LogP contribution < -0.4 is 20.7 Å². The molecule has 0 saturated carbocycles. The number of urea groups is 1. The number of anilines is 2. The van der Waals surface area contributed by atoms with Crippen LogP contribution in [0.3, 0.4) is 0 Å². The first kappa shape index (κ1) is 20.2. The van der Waals surface area contributed by atoms with Crippen LogP contribution in [0.15, 0.2) is 66.9 Å². The number of aromatic nitrogens is 1. The van der Waals surface area contributed by atoms with Crippen LogP contribution in [0.25, 0.3) is 0 Å². The van der Waals surface area contributed by atoms with Crippen molar-refractivity contribution < 1.29 is 14.3 Å². The van der Waals surface area contributed by atoms with E-state index >= 15 is 0 Å². The van der Waals surface area contributed by atoms with Crippen molar-refractivity contribution in [2.75, 3.05) is 17.7 Å². The number of hydrogen-bond donors (Lipinski definition) is 3. The molecule has 7 nitrogen and oxygen atoms in total. The predicted molar refractivity (Wildman–Crippen MR) is 112 cm³/mol. The highest BCUT2D eigenvalue weighted by molar-refractivity contribution is 6.29. The summed E-state index contributed by atoms with van der Waals surface area (Å²) in [5.74, 6) is 0.299. The molecule has 3 amide bonds. The van der Waals surface area contributed by atoms with E-state index in [0.29, 0.717) is 34.4 Å². The fourth-order valence-corrected chi connectivity index (χ4v) is 2.63. The molecule has 0 spiro atoms. The van der Waals surface area contributed by atoms with Crippen LogP contribution in [0.5, 0.6) is 5.75 Å². The quantitative estimate of drug-likeness (QED) is 0.528. The van der Waals surface area contributed by atoms with Crippen molar-refractivity contribution in [3.8, 4) is 5.75 Å². The van der Waals surface area contributed by atoms with Crippen LogP contribution >= 0.6 is 11.6 Å². The van der Waals surface area contributed by atoms with E-state index in [-0.39, 0.29) is 11.9 Å². The Bertz CT molecular complexity index is 992.